The fraction of sp³-hybridized carbons (Fsp3) is 0.714. The summed E-state index contributed by atoms with van der Waals surface area (Å²) < 4.78 is 39.5. The van der Waals surface area contributed by atoms with Crippen LogP contribution < -0.4 is 32.7 Å². The number of halogens is 1. The van der Waals surface area contributed by atoms with Gasteiger partial charge in [0.25, 0.3) is 0 Å². The molecule has 21 heteroatoms. The second-order valence-electron chi connectivity index (χ2n) is 21.9. The number of nitrogens with one attached hydrogen (secondary N) is 5. The van der Waals surface area contributed by atoms with Gasteiger partial charge < -0.3 is 51.1 Å². The zero-order valence-corrected chi connectivity index (χ0v) is 49.0. The fourth-order valence-corrected chi connectivity index (χ4v) is 11.2. The molecule has 1 saturated carbocycles. The molecule has 2 aliphatic rings. The van der Waals surface area contributed by atoms with Gasteiger partial charge in [-0.3, -0.25) is 32.8 Å². The summed E-state index contributed by atoms with van der Waals surface area (Å²) in [6, 6.07) is 6.43. The summed E-state index contributed by atoms with van der Waals surface area (Å²) in [5, 5.41) is 12.9. The number of carbonyl (C=O) groups excluding carboxylic acids is 4. The quantitative estimate of drug-likeness (QED) is 0.0215. The predicted octanol–water partition coefficient (Wildman–Crippen LogP) is 8.76. The molecule has 1 aliphatic carbocycles. The topological polar surface area (TPSA) is 267 Å². The third-order valence-electron chi connectivity index (χ3n) is 14.8. The van der Waals surface area contributed by atoms with E-state index in [-0.39, 0.29) is 67.6 Å². The number of anilines is 1. The number of ether oxygens (including phenoxy) is 3. The molecule has 0 radical (unpaired) electrons. The molecule has 3 heterocycles. The van der Waals surface area contributed by atoms with E-state index in [1.54, 1.807) is 13.8 Å². The molecule has 4 amide bonds. The van der Waals surface area contributed by atoms with E-state index in [1.165, 1.54) is 16.8 Å². The van der Waals surface area contributed by atoms with Gasteiger partial charge in [-0.15, -0.1) is 0 Å². The van der Waals surface area contributed by atoms with E-state index in [9.17, 15) is 33.4 Å². The minimum Gasteiger partial charge on any atom is -0.383 e. The number of aromatic amines is 1. The Morgan fingerprint density at radius 2 is 1.51 bits per heavy atom. The van der Waals surface area contributed by atoms with E-state index < -0.39 is 49.5 Å². The minimum absolute atomic E-state index is 0.0377. The first kappa shape index (κ1) is 63.7. The lowest BCUT2D eigenvalue weighted by Crippen LogP contribution is -2.53. The highest BCUT2D eigenvalue weighted by molar-refractivity contribution is 9.10. The maximum Gasteiger partial charge on any atom is 0.351 e. The number of hydrogen-bond acceptors (Lipinski definition) is 12. The average Bonchev–Trinajstić information content (AvgIpc) is 3.95. The van der Waals surface area contributed by atoms with E-state index in [0.717, 1.165) is 124 Å². The number of nitrogens with zero attached hydrogens (tertiary/aromatic N) is 2. The summed E-state index contributed by atoms with van der Waals surface area (Å²) in [7, 11) is -4.08. The average molecular weight is 1160 g/mol. The minimum atomic E-state index is -4.08. The lowest BCUT2D eigenvalue weighted by molar-refractivity contribution is -0.130. The highest BCUT2D eigenvalue weighted by Crippen LogP contribution is 2.51. The summed E-state index contributed by atoms with van der Waals surface area (Å²) in [6.45, 7) is 12.8. The van der Waals surface area contributed by atoms with Crippen molar-refractivity contribution in [1.82, 2.24) is 35.8 Å². The van der Waals surface area contributed by atoms with Gasteiger partial charge in [-0.05, 0) is 107 Å². The number of H-pyrrole nitrogens is 1. The van der Waals surface area contributed by atoms with Crippen LogP contribution in [0, 0.1) is 17.8 Å². The SMILES string of the molecule is CC(C)OC[C@H]1O[C@@H](n2ccc(N)nc2=O)[C@H](OCCCCCCNC(=O)CCCCCCCCCCCNC(=O)[C@H](CNC(=O)C2CCC(C(C)C)CC2)NC(=O)Cc2c[nH]c3ccc(Br)cc23)[C@@H]1OP(=O)(O)C(C)C. The summed E-state index contributed by atoms with van der Waals surface area (Å²) in [6.07, 6.45) is 16.0. The number of amides is 4. The van der Waals surface area contributed by atoms with Gasteiger partial charge in [-0.2, -0.15) is 4.98 Å². The van der Waals surface area contributed by atoms with Gasteiger partial charge in [-0.25, -0.2) is 4.79 Å². The lowest BCUT2D eigenvalue weighted by atomic mass is 9.76. The smallest absolute Gasteiger partial charge is 0.351 e. The molecule has 0 spiro atoms. The number of rotatable bonds is 35. The number of fused-ring (bicyclic) bond motifs is 1. The van der Waals surface area contributed by atoms with Crippen molar-refractivity contribution < 1.29 is 47.4 Å². The van der Waals surface area contributed by atoms with Gasteiger partial charge in [0.05, 0.1) is 24.8 Å². The molecular weight excluding hydrogens is 1070 g/mol. The summed E-state index contributed by atoms with van der Waals surface area (Å²) >= 11 is 3.51. The number of unbranched alkanes of at least 4 members (excludes halogenated alkanes) is 11. The van der Waals surface area contributed by atoms with E-state index in [4.69, 9.17) is 24.5 Å². The van der Waals surface area contributed by atoms with E-state index >= 15 is 0 Å². The van der Waals surface area contributed by atoms with Crippen molar-refractivity contribution >= 4 is 63.9 Å². The van der Waals surface area contributed by atoms with Crippen LogP contribution in [0.3, 0.4) is 0 Å². The molecule has 3 aromatic rings. The monoisotopic (exact) mass is 1160 g/mol. The van der Waals surface area contributed by atoms with Crippen LogP contribution in [0.2, 0.25) is 0 Å². The van der Waals surface area contributed by atoms with Crippen LogP contribution in [0.25, 0.3) is 10.9 Å². The van der Waals surface area contributed by atoms with Gasteiger partial charge >= 0.3 is 13.3 Å². The van der Waals surface area contributed by atoms with E-state index in [0.29, 0.717) is 37.8 Å². The molecule has 1 aromatic carbocycles. The van der Waals surface area contributed by atoms with Crippen LogP contribution >= 0.6 is 23.5 Å². The molecule has 2 fully saturated rings. The standard InChI is InChI=1S/C56H90BrN8O11P/c1-37(2)40-21-23-41(24-22-40)53(68)62-35-46(63-50(67)32-42-34-61-45-26-25-43(57)33-44(42)45)54(69)60-29-18-13-11-9-7-8-10-12-16-20-49(66)59-28-17-14-15-19-31-73-52-51(76-77(71,72)39(5)6)47(36-74-38(3)4)75-55(52)65-30-27-48(58)64-56(65)70/h25-27,30,33-34,37-41,46-47,51-52,55,61H,7-24,28-29,31-32,35-36H2,1-6H3,(H,59,66)(H,60,69)(H,62,68)(H,63,67)(H,71,72)(H2,58,64,70)/t40?,41?,46-,47+,51+,52+,55+/m0/s1. The highest BCUT2D eigenvalue weighted by Gasteiger charge is 2.51. The summed E-state index contributed by atoms with van der Waals surface area (Å²) in [4.78, 5) is 83.2. The fourth-order valence-electron chi connectivity index (χ4n) is 9.99. The van der Waals surface area contributed by atoms with Crippen LogP contribution in [-0.2, 0) is 48.9 Å². The molecule has 5 rings (SSSR count). The predicted molar refractivity (Wildman–Crippen MR) is 303 cm³/mol. The molecule has 432 valence electrons. The Balaban J connectivity index is 0.912. The summed E-state index contributed by atoms with van der Waals surface area (Å²) in [5.74, 6) is 0.634. The molecule has 1 aliphatic heterocycles. The Morgan fingerprint density at radius 1 is 0.857 bits per heavy atom. The van der Waals surface area contributed by atoms with Crippen LogP contribution in [0.5, 0.6) is 0 Å². The zero-order chi connectivity index (χ0) is 55.9. The number of benzene rings is 1. The van der Waals surface area contributed by atoms with Crippen LogP contribution in [-0.4, -0.2) is 112 Å². The van der Waals surface area contributed by atoms with Gasteiger partial charge in [0.1, 0.15) is 30.2 Å². The lowest BCUT2D eigenvalue weighted by Gasteiger charge is -2.30. The van der Waals surface area contributed by atoms with Crippen LogP contribution in [0.4, 0.5) is 5.82 Å². The van der Waals surface area contributed by atoms with E-state index in [1.807, 2.05) is 38.2 Å². The maximum absolute atomic E-state index is 13.5. The molecule has 2 aromatic heterocycles. The Kier molecular flexibility index (Phi) is 27.1. The zero-order valence-electron chi connectivity index (χ0n) is 46.5. The molecule has 1 saturated heterocycles. The van der Waals surface area contributed by atoms with Crippen molar-refractivity contribution in [2.24, 2.45) is 17.8 Å². The van der Waals surface area contributed by atoms with Crippen molar-refractivity contribution in [3.63, 3.8) is 0 Å². The number of aromatic nitrogens is 3. The first-order chi connectivity index (χ1) is 36.8. The highest BCUT2D eigenvalue weighted by atomic mass is 79.9. The van der Waals surface area contributed by atoms with Crippen LogP contribution in [0.1, 0.15) is 169 Å². The molecule has 0 bridgehead atoms. The molecule has 77 heavy (non-hydrogen) atoms. The number of nitrogen functional groups attached to an aromatic ring is 1. The third kappa shape index (κ3) is 21.4. The Bertz CT molecular complexity index is 2410. The van der Waals surface area contributed by atoms with Gasteiger partial charge in [0.2, 0.25) is 23.6 Å². The number of nitrogens with two attached hydrogens (primary N) is 1. The van der Waals surface area contributed by atoms with Crippen molar-refractivity contribution in [3.05, 3.63) is 57.2 Å². The normalized spacial score (nSPS) is 20.9. The first-order valence-corrected chi connectivity index (χ1v) is 30.9. The summed E-state index contributed by atoms with van der Waals surface area (Å²) in [5.41, 5.74) is 6.16. The third-order valence-corrected chi connectivity index (χ3v) is 17.2. The van der Waals surface area contributed by atoms with Crippen molar-refractivity contribution in [2.45, 2.75) is 206 Å². The Morgan fingerprint density at radius 3 is 2.16 bits per heavy atom. The first-order valence-electron chi connectivity index (χ1n) is 28.4. The van der Waals surface area contributed by atoms with Crippen molar-refractivity contribution in [3.8, 4) is 0 Å². The number of carbonyl (C=O) groups is 4. The van der Waals surface area contributed by atoms with Crippen molar-refractivity contribution in [1.29, 1.82) is 0 Å². The maximum atomic E-state index is 13.5. The molecule has 8 N–H and O–H groups in total. The largest absolute Gasteiger partial charge is 0.383 e. The molecule has 1 unspecified atom stereocenters. The molecule has 19 nitrogen and oxygen atoms in total. The van der Waals surface area contributed by atoms with Crippen LogP contribution in [0.15, 0.2) is 45.9 Å². The van der Waals surface area contributed by atoms with Gasteiger partial charge in [0.15, 0.2) is 6.23 Å². The Labute approximate surface area is 464 Å². The second-order valence-corrected chi connectivity index (χ2v) is 25.2. The Hall–Kier alpha value is -4.17. The van der Waals surface area contributed by atoms with Crippen molar-refractivity contribution in [2.75, 3.05) is 38.6 Å². The van der Waals surface area contributed by atoms with E-state index in [2.05, 4.69) is 61.0 Å². The molecule has 6 atom stereocenters. The second kappa shape index (κ2) is 32.8. The number of hydrogen-bond donors (Lipinski definition) is 7. The van der Waals surface area contributed by atoms with Gasteiger partial charge in [0, 0.05) is 66.3 Å². The van der Waals surface area contributed by atoms with Gasteiger partial charge in [-0.1, -0.05) is 101 Å². The molecular formula is C56H90BrN8O11P.